The third-order valence-electron chi connectivity index (χ3n) is 10.3. The average Bonchev–Trinajstić information content (AvgIpc) is 4.26. The molecule has 21 nitrogen and oxygen atoms in total. The molecular formula is C51H70N14O7. The fourth-order valence-corrected chi connectivity index (χ4v) is 7.27. The molecule has 3 aliphatic rings. The highest BCUT2D eigenvalue weighted by molar-refractivity contribution is 5.74. The number of H-pyrrole nitrogens is 2. The predicted molar refractivity (Wildman–Crippen MR) is 276 cm³/mol. The second-order valence-corrected chi connectivity index (χ2v) is 18.0. The number of carbonyl (C=O) groups is 1. The Labute approximate surface area is 420 Å². The molecule has 0 spiro atoms. The van der Waals surface area contributed by atoms with Crippen LogP contribution in [0.3, 0.4) is 0 Å². The average molecular weight is 991 g/mol. The van der Waals surface area contributed by atoms with Crippen molar-refractivity contribution in [2.24, 2.45) is 23.7 Å². The van der Waals surface area contributed by atoms with E-state index in [1.54, 1.807) is 41.7 Å². The summed E-state index contributed by atoms with van der Waals surface area (Å²) in [5, 5.41) is 48.4. The van der Waals surface area contributed by atoms with Crippen molar-refractivity contribution in [2.45, 2.75) is 99.0 Å². The highest BCUT2D eigenvalue weighted by Crippen LogP contribution is 2.48. The number of aldehydes is 1. The highest BCUT2D eigenvalue weighted by Gasteiger charge is 2.41. The van der Waals surface area contributed by atoms with Gasteiger partial charge >= 0.3 is 11.4 Å². The van der Waals surface area contributed by atoms with Gasteiger partial charge in [0.2, 0.25) is 0 Å². The number of hydrogen-bond acceptors (Lipinski definition) is 14. The molecule has 0 amide bonds. The molecule has 5 aromatic heterocycles. The lowest BCUT2D eigenvalue weighted by molar-refractivity contribution is -0.385. The molecule has 2 aromatic carbocycles. The Bertz CT molecular complexity index is 2530. The van der Waals surface area contributed by atoms with Crippen molar-refractivity contribution >= 4 is 29.0 Å². The molecule has 0 radical (unpaired) electrons. The number of nitrogens with two attached hydrogens (primary N) is 1. The number of anilines is 2. The van der Waals surface area contributed by atoms with Gasteiger partial charge in [-0.2, -0.15) is 25.5 Å². The van der Waals surface area contributed by atoms with E-state index in [1.165, 1.54) is 43.4 Å². The molecule has 7 aromatic rings. The summed E-state index contributed by atoms with van der Waals surface area (Å²) in [6.45, 7) is 17.2. The van der Waals surface area contributed by atoms with Crippen LogP contribution in [0.25, 0.3) is 0 Å². The van der Waals surface area contributed by atoms with Gasteiger partial charge in [0.05, 0.1) is 52.5 Å². The Balaban J connectivity index is 0.000000196. The zero-order valence-electron chi connectivity index (χ0n) is 42.0. The van der Waals surface area contributed by atoms with Gasteiger partial charge < -0.3 is 20.5 Å². The maximum Gasteiger partial charge on any atom is 0.306 e. The highest BCUT2D eigenvalue weighted by atomic mass is 16.6. The number of rotatable bonds is 10. The summed E-state index contributed by atoms with van der Waals surface area (Å²) in [4.78, 5) is 29.1. The third-order valence-corrected chi connectivity index (χ3v) is 10.3. The van der Waals surface area contributed by atoms with Gasteiger partial charge in [-0.1, -0.05) is 102 Å². The zero-order valence-corrected chi connectivity index (χ0v) is 42.0. The zero-order chi connectivity index (χ0) is 52.1. The molecule has 3 atom stereocenters. The van der Waals surface area contributed by atoms with E-state index in [0.29, 0.717) is 36.3 Å². The molecule has 8 heterocycles. The van der Waals surface area contributed by atoms with Gasteiger partial charge in [0.25, 0.3) is 0 Å². The summed E-state index contributed by atoms with van der Waals surface area (Å²) in [6.07, 6.45) is 23.7. The van der Waals surface area contributed by atoms with Gasteiger partial charge in [-0.3, -0.25) is 49.3 Å². The Morgan fingerprint density at radius 1 is 0.764 bits per heavy atom. The largest absolute Gasteiger partial charge is 0.502 e. The molecule has 3 unspecified atom stereocenters. The van der Waals surface area contributed by atoms with Gasteiger partial charge in [0.15, 0.2) is 0 Å². The Morgan fingerprint density at radius 3 is 1.86 bits per heavy atom. The Kier molecular flexibility index (Phi) is 24.6. The van der Waals surface area contributed by atoms with Crippen LogP contribution in [-0.4, -0.2) is 79.1 Å². The van der Waals surface area contributed by atoms with Crippen LogP contribution in [0.2, 0.25) is 0 Å². The van der Waals surface area contributed by atoms with E-state index >= 15 is 0 Å². The number of ether oxygens (including phenoxy) is 2. The van der Waals surface area contributed by atoms with Crippen molar-refractivity contribution < 1.29 is 24.1 Å². The minimum absolute atomic E-state index is 0.00926. The molecule has 386 valence electrons. The van der Waals surface area contributed by atoms with Gasteiger partial charge in [0.1, 0.15) is 36.7 Å². The topological polar surface area (TPSA) is 271 Å². The van der Waals surface area contributed by atoms with Crippen molar-refractivity contribution in [3.63, 3.8) is 0 Å². The first-order valence-corrected chi connectivity index (χ1v) is 24.0. The molecule has 1 fully saturated rings. The lowest BCUT2D eigenvalue weighted by Gasteiger charge is -2.41. The number of allylic oxidation sites excluding steroid dienone is 1. The van der Waals surface area contributed by atoms with Crippen LogP contribution in [0.15, 0.2) is 135 Å². The van der Waals surface area contributed by atoms with E-state index in [-0.39, 0.29) is 17.5 Å². The first-order chi connectivity index (χ1) is 34.7. The number of nitrogen functional groups attached to an aromatic ring is 1. The van der Waals surface area contributed by atoms with Crippen molar-refractivity contribution in [1.29, 1.82) is 0 Å². The third kappa shape index (κ3) is 21.0. The molecular weight excluding hydrogens is 921 g/mol. The summed E-state index contributed by atoms with van der Waals surface area (Å²) >= 11 is 0. The fourth-order valence-electron chi connectivity index (χ4n) is 7.27. The monoisotopic (exact) mass is 991 g/mol. The summed E-state index contributed by atoms with van der Waals surface area (Å²) in [7, 11) is 0. The van der Waals surface area contributed by atoms with Gasteiger partial charge in [0, 0.05) is 62.5 Å². The van der Waals surface area contributed by atoms with Gasteiger partial charge in [-0.15, -0.1) is 0 Å². The summed E-state index contributed by atoms with van der Waals surface area (Å²) < 4.78 is 16.6. The standard InChI is InChI=1S/C19H25N3O.C7H11N3O2.C7H13N3.C7H6O.C5H8O.C3H3N3O2.C3H4N2/c1-13(2)11-22-12-16-18(21-22)19-15(9-6-10-23-19)17(20-16)14-7-4-3-5-8-14;1-6(2)4-9-5-7(3-8-9)10(11)12;1-6(2)4-10-5-7(8)3-9-10;8-6-7-4-2-1-3-5-7;1-2-4-6-5-3-1;7-6(8)3-1-4-5-2-3;1-2-4-5-3-1/h3-5,7-8,12-13,15,17,19-20H,6,9-11H2,1-2H3;3,5-6H,4H2,1-2H3;3,5-6H,4,8H2,1-2H3;1-6H;2,4H,1,3,5H2;1-2H,(H,4,5);1-3H,(H,4,5). The number of benzene rings is 2. The summed E-state index contributed by atoms with van der Waals surface area (Å²) in [5.74, 6) is 2.12. The maximum absolute atomic E-state index is 10.3. The second kappa shape index (κ2) is 31.3. The van der Waals surface area contributed by atoms with Crippen LogP contribution in [0.1, 0.15) is 101 Å². The predicted octanol–water partition coefficient (Wildman–Crippen LogP) is 10.3. The molecule has 1 saturated heterocycles. The number of fused-ring (bicyclic) bond motifs is 3. The van der Waals surface area contributed by atoms with Gasteiger partial charge in [-0.05, 0) is 61.1 Å². The van der Waals surface area contributed by atoms with Crippen molar-refractivity contribution in [2.75, 3.05) is 24.3 Å². The summed E-state index contributed by atoms with van der Waals surface area (Å²) in [6, 6.07) is 22.0. The normalized spacial score (nSPS) is 15.9. The van der Waals surface area contributed by atoms with Crippen molar-refractivity contribution in [3.8, 4) is 0 Å². The van der Waals surface area contributed by atoms with Crippen LogP contribution in [0, 0.1) is 43.9 Å². The molecule has 72 heavy (non-hydrogen) atoms. The first kappa shape index (κ1) is 56.6. The maximum atomic E-state index is 10.3. The smallest absolute Gasteiger partial charge is 0.306 e. The minimum Gasteiger partial charge on any atom is -0.502 e. The first-order valence-electron chi connectivity index (χ1n) is 24.0. The van der Waals surface area contributed by atoms with Crippen LogP contribution in [0.4, 0.5) is 22.7 Å². The number of hydrogen-bond donors (Lipinski definition) is 4. The van der Waals surface area contributed by atoms with Gasteiger partial charge in [-0.25, -0.2) is 0 Å². The van der Waals surface area contributed by atoms with Crippen LogP contribution in [-0.2, 0) is 29.1 Å². The van der Waals surface area contributed by atoms with Crippen LogP contribution >= 0.6 is 0 Å². The number of aromatic nitrogens is 10. The molecule has 0 bridgehead atoms. The quantitative estimate of drug-likeness (QED) is 0.0564. The van der Waals surface area contributed by atoms with E-state index in [2.05, 4.69) is 105 Å². The Hall–Kier alpha value is -7.94. The van der Waals surface area contributed by atoms with E-state index in [9.17, 15) is 25.0 Å². The number of nitrogens with zero attached hydrogens (tertiary/aromatic N) is 10. The molecule has 3 aliphatic heterocycles. The number of carbonyl (C=O) groups excluding carboxylic acids is 1. The number of aromatic amines is 2. The van der Waals surface area contributed by atoms with E-state index in [0.717, 1.165) is 67.8 Å². The fraction of sp³-hybridized carbons (Fsp3) is 0.412. The van der Waals surface area contributed by atoms with E-state index in [1.807, 2.05) is 55.1 Å². The number of nitrogens with one attached hydrogen (secondary N) is 3. The second-order valence-electron chi connectivity index (χ2n) is 18.0. The summed E-state index contributed by atoms with van der Waals surface area (Å²) in [5.41, 5.74) is 10.6. The lowest BCUT2D eigenvalue weighted by atomic mass is 9.79. The lowest BCUT2D eigenvalue weighted by Crippen LogP contribution is -2.35. The SMILES string of the molecule is C1=COCCC1.CC(C)Cn1cc(N)cn1.CC(C)Cn1cc([N+](=O)[O-])cn1.CC(C)Cn1cc2c(n1)C1OCCCC1C(c1ccccc1)N2.O=Cc1ccccc1.O=[N+]([O-])c1cn[nH]c1.c1cn[nH]c1. The van der Waals surface area contributed by atoms with E-state index in [4.69, 9.17) is 20.3 Å². The van der Waals surface area contributed by atoms with Crippen molar-refractivity contribution in [3.05, 3.63) is 172 Å². The molecule has 10 rings (SSSR count). The Morgan fingerprint density at radius 2 is 1.42 bits per heavy atom. The number of nitro groups is 2. The van der Waals surface area contributed by atoms with Crippen LogP contribution < -0.4 is 11.1 Å². The molecule has 21 heteroatoms. The molecule has 5 N–H and O–H groups in total. The van der Waals surface area contributed by atoms with Crippen molar-refractivity contribution in [1.82, 2.24) is 49.7 Å². The molecule has 0 saturated carbocycles. The molecule has 0 aliphatic carbocycles. The van der Waals surface area contributed by atoms with Crippen LogP contribution in [0.5, 0.6) is 0 Å². The van der Waals surface area contributed by atoms with E-state index < -0.39 is 9.85 Å². The minimum atomic E-state index is -0.510.